The molecule has 0 aliphatic carbocycles. The second-order valence-corrected chi connectivity index (χ2v) is 5.59. The quantitative estimate of drug-likeness (QED) is 0.721. The SMILES string of the molecule is Nc1c(C(=O)NCc2ccc(F)cc2)nnn1CCc1ccccc1. The van der Waals surface area contributed by atoms with Crippen LogP contribution in [0, 0.1) is 5.82 Å². The van der Waals surface area contributed by atoms with Gasteiger partial charge in [-0.2, -0.15) is 0 Å². The van der Waals surface area contributed by atoms with E-state index in [0.717, 1.165) is 17.5 Å². The summed E-state index contributed by atoms with van der Waals surface area (Å²) < 4.78 is 14.4. The van der Waals surface area contributed by atoms with E-state index in [4.69, 9.17) is 5.73 Å². The van der Waals surface area contributed by atoms with E-state index in [1.165, 1.54) is 16.8 Å². The fourth-order valence-corrected chi connectivity index (χ4v) is 2.40. The van der Waals surface area contributed by atoms with Gasteiger partial charge in [0.25, 0.3) is 5.91 Å². The topological polar surface area (TPSA) is 85.8 Å². The van der Waals surface area contributed by atoms with Crippen LogP contribution < -0.4 is 11.1 Å². The van der Waals surface area contributed by atoms with Crippen molar-refractivity contribution >= 4 is 11.7 Å². The van der Waals surface area contributed by atoms with Crippen LogP contribution in [0.3, 0.4) is 0 Å². The number of carbonyl (C=O) groups excluding carboxylic acids is 1. The summed E-state index contributed by atoms with van der Waals surface area (Å²) in [4.78, 5) is 12.2. The molecule has 0 atom stereocenters. The van der Waals surface area contributed by atoms with Crippen LogP contribution in [0.1, 0.15) is 21.6 Å². The molecule has 25 heavy (non-hydrogen) atoms. The number of benzene rings is 2. The highest BCUT2D eigenvalue weighted by atomic mass is 19.1. The van der Waals surface area contributed by atoms with Gasteiger partial charge in [-0.15, -0.1) is 5.10 Å². The molecule has 1 aromatic heterocycles. The smallest absolute Gasteiger partial charge is 0.275 e. The normalized spacial score (nSPS) is 10.6. The zero-order valence-corrected chi connectivity index (χ0v) is 13.5. The number of aromatic nitrogens is 3. The molecule has 0 aliphatic rings. The first-order chi connectivity index (χ1) is 12.1. The van der Waals surface area contributed by atoms with E-state index >= 15 is 0 Å². The summed E-state index contributed by atoms with van der Waals surface area (Å²) >= 11 is 0. The highest BCUT2D eigenvalue weighted by Crippen LogP contribution is 2.10. The Kier molecular flexibility index (Phi) is 5.03. The summed E-state index contributed by atoms with van der Waals surface area (Å²) in [7, 11) is 0. The number of aryl methyl sites for hydroxylation is 2. The lowest BCUT2D eigenvalue weighted by atomic mass is 10.1. The molecule has 128 valence electrons. The second-order valence-electron chi connectivity index (χ2n) is 5.59. The monoisotopic (exact) mass is 339 g/mol. The summed E-state index contributed by atoms with van der Waals surface area (Å²) in [5.41, 5.74) is 8.01. The van der Waals surface area contributed by atoms with Crippen molar-refractivity contribution in [2.45, 2.75) is 19.5 Å². The standard InChI is InChI=1S/C18H18FN5O/c19-15-8-6-14(7-9-15)12-21-18(25)16-17(20)24(23-22-16)11-10-13-4-2-1-3-5-13/h1-9H,10-12,20H2,(H,21,25). The molecule has 0 unspecified atom stereocenters. The minimum absolute atomic E-state index is 0.0928. The van der Waals surface area contributed by atoms with Gasteiger partial charge in [0, 0.05) is 13.1 Å². The molecule has 7 heteroatoms. The fourth-order valence-electron chi connectivity index (χ4n) is 2.40. The number of carbonyl (C=O) groups is 1. The maximum Gasteiger partial charge on any atom is 0.275 e. The van der Waals surface area contributed by atoms with Gasteiger partial charge in [-0.05, 0) is 29.7 Å². The Morgan fingerprint density at radius 3 is 2.52 bits per heavy atom. The molecule has 1 amide bonds. The van der Waals surface area contributed by atoms with Gasteiger partial charge >= 0.3 is 0 Å². The molecule has 0 aliphatic heterocycles. The van der Waals surface area contributed by atoms with E-state index in [-0.39, 0.29) is 23.9 Å². The first kappa shape index (κ1) is 16.6. The summed E-state index contributed by atoms with van der Waals surface area (Å²) in [5.74, 6) is -0.499. The van der Waals surface area contributed by atoms with Crippen molar-refractivity contribution in [2.75, 3.05) is 5.73 Å². The van der Waals surface area contributed by atoms with Gasteiger partial charge in [-0.1, -0.05) is 47.7 Å². The summed E-state index contributed by atoms with van der Waals surface area (Å²) in [6.45, 7) is 0.795. The summed E-state index contributed by atoms with van der Waals surface area (Å²) in [6.07, 6.45) is 0.741. The van der Waals surface area contributed by atoms with Gasteiger partial charge in [0.1, 0.15) is 5.82 Å². The maximum atomic E-state index is 12.9. The van der Waals surface area contributed by atoms with Crippen molar-refractivity contribution in [3.05, 3.63) is 77.2 Å². The Labute approximate surface area is 144 Å². The number of nitrogen functional groups attached to an aromatic ring is 1. The lowest BCUT2D eigenvalue weighted by Crippen LogP contribution is -2.24. The molecule has 3 aromatic rings. The van der Waals surface area contributed by atoms with E-state index in [1.54, 1.807) is 12.1 Å². The van der Waals surface area contributed by atoms with Crippen molar-refractivity contribution in [1.29, 1.82) is 0 Å². The Morgan fingerprint density at radius 1 is 1.08 bits per heavy atom. The Balaban J connectivity index is 1.59. The highest BCUT2D eigenvalue weighted by molar-refractivity contribution is 5.96. The molecule has 3 rings (SSSR count). The van der Waals surface area contributed by atoms with Crippen LogP contribution in [0.4, 0.5) is 10.2 Å². The lowest BCUT2D eigenvalue weighted by Gasteiger charge is -2.05. The first-order valence-electron chi connectivity index (χ1n) is 7.89. The number of amides is 1. The molecule has 0 radical (unpaired) electrons. The average molecular weight is 339 g/mol. The molecule has 0 spiro atoms. The predicted octanol–water partition coefficient (Wildman–Crippen LogP) is 2.17. The zero-order valence-electron chi connectivity index (χ0n) is 13.5. The Hall–Kier alpha value is -3.22. The molecule has 2 aromatic carbocycles. The van der Waals surface area contributed by atoms with Gasteiger partial charge < -0.3 is 11.1 Å². The molecule has 3 N–H and O–H groups in total. The number of nitrogens with two attached hydrogens (primary N) is 1. The summed E-state index contributed by atoms with van der Waals surface area (Å²) in [5, 5.41) is 10.5. The van der Waals surface area contributed by atoms with Gasteiger partial charge in [-0.3, -0.25) is 4.79 Å². The fraction of sp³-hybridized carbons (Fsp3) is 0.167. The number of nitrogens with one attached hydrogen (secondary N) is 1. The number of nitrogens with zero attached hydrogens (tertiary/aromatic N) is 3. The van der Waals surface area contributed by atoms with Crippen LogP contribution in [0.25, 0.3) is 0 Å². The number of hydrogen-bond donors (Lipinski definition) is 2. The minimum atomic E-state index is -0.409. The third-order valence-electron chi connectivity index (χ3n) is 3.81. The molecule has 1 heterocycles. The molecule has 0 saturated heterocycles. The van der Waals surface area contributed by atoms with Gasteiger partial charge in [0.15, 0.2) is 11.5 Å². The van der Waals surface area contributed by atoms with Crippen molar-refractivity contribution in [2.24, 2.45) is 0 Å². The number of hydrogen-bond acceptors (Lipinski definition) is 4. The Morgan fingerprint density at radius 2 is 1.80 bits per heavy atom. The first-order valence-corrected chi connectivity index (χ1v) is 7.89. The highest BCUT2D eigenvalue weighted by Gasteiger charge is 2.17. The summed E-state index contributed by atoms with van der Waals surface area (Å²) in [6, 6.07) is 15.8. The average Bonchev–Trinajstić information content (AvgIpc) is 3.01. The van der Waals surface area contributed by atoms with Crippen LogP contribution in [-0.4, -0.2) is 20.9 Å². The maximum absolute atomic E-state index is 12.9. The number of halogens is 1. The van der Waals surface area contributed by atoms with E-state index < -0.39 is 5.91 Å². The lowest BCUT2D eigenvalue weighted by molar-refractivity contribution is 0.0946. The van der Waals surface area contributed by atoms with Gasteiger partial charge in [0.2, 0.25) is 0 Å². The largest absolute Gasteiger partial charge is 0.382 e. The van der Waals surface area contributed by atoms with Crippen molar-refractivity contribution in [3.8, 4) is 0 Å². The predicted molar refractivity (Wildman–Crippen MR) is 92.2 cm³/mol. The molecule has 0 fully saturated rings. The third-order valence-corrected chi connectivity index (χ3v) is 3.81. The molecular weight excluding hydrogens is 321 g/mol. The van der Waals surface area contributed by atoms with Crippen molar-refractivity contribution in [3.63, 3.8) is 0 Å². The van der Waals surface area contributed by atoms with Crippen molar-refractivity contribution in [1.82, 2.24) is 20.3 Å². The molecule has 0 bridgehead atoms. The minimum Gasteiger partial charge on any atom is -0.382 e. The molecular formula is C18H18FN5O. The van der Waals surface area contributed by atoms with Gasteiger partial charge in [-0.25, -0.2) is 9.07 Å². The number of rotatable bonds is 6. The van der Waals surface area contributed by atoms with E-state index in [0.29, 0.717) is 6.54 Å². The van der Waals surface area contributed by atoms with Gasteiger partial charge in [0.05, 0.1) is 0 Å². The van der Waals surface area contributed by atoms with Crippen molar-refractivity contribution < 1.29 is 9.18 Å². The number of anilines is 1. The molecule has 0 saturated carbocycles. The van der Waals surface area contributed by atoms with Crippen LogP contribution in [0.2, 0.25) is 0 Å². The third kappa shape index (κ3) is 4.20. The molecule has 6 nitrogen and oxygen atoms in total. The second kappa shape index (κ2) is 7.57. The van der Waals surface area contributed by atoms with E-state index in [2.05, 4.69) is 15.6 Å². The van der Waals surface area contributed by atoms with Crippen LogP contribution in [0.15, 0.2) is 54.6 Å². The van der Waals surface area contributed by atoms with E-state index in [9.17, 15) is 9.18 Å². The van der Waals surface area contributed by atoms with Crippen LogP contribution >= 0.6 is 0 Å². The van der Waals surface area contributed by atoms with E-state index in [1.807, 2.05) is 30.3 Å². The zero-order chi connectivity index (χ0) is 17.6. The van der Waals surface area contributed by atoms with Crippen LogP contribution in [0.5, 0.6) is 0 Å². The van der Waals surface area contributed by atoms with Crippen LogP contribution in [-0.2, 0) is 19.5 Å². The Bertz CT molecular complexity index is 846.